The summed E-state index contributed by atoms with van der Waals surface area (Å²) in [5.41, 5.74) is 0.335. The highest BCUT2D eigenvalue weighted by Crippen LogP contribution is 2.15. The fraction of sp³-hybridized carbons (Fsp3) is 0.333. The maximum atomic E-state index is 13.4. The summed E-state index contributed by atoms with van der Waals surface area (Å²) in [5.74, 6) is -0.838. The molecule has 0 aliphatic rings. The normalized spacial score (nSPS) is 9.94. The number of hydrogen-bond donors (Lipinski definition) is 2. The predicted molar refractivity (Wildman–Crippen MR) is 69.5 cm³/mol. The summed E-state index contributed by atoms with van der Waals surface area (Å²) in [5, 5.41) is 5.15. The van der Waals surface area contributed by atoms with Gasteiger partial charge in [0.05, 0.1) is 6.42 Å². The topological polar surface area (TPSA) is 58.2 Å². The van der Waals surface area contributed by atoms with E-state index in [9.17, 15) is 14.0 Å². The summed E-state index contributed by atoms with van der Waals surface area (Å²) in [6.45, 7) is 2.09. The Labute approximate surface area is 113 Å². The number of hydrogen-bond acceptors (Lipinski definition) is 2. The van der Waals surface area contributed by atoms with Crippen LogP contribution in [0.4, 0.5) is 4.39 Å². The SMILES string of the molecule is CC(=O)NCCNC(=O)Cc1cc(Br)ccc1F. The maximum absolute atomic E-state index is 13.4. The summed E-state index contributed by atoms with van der Waals surface area (Å²) >= 11 is 3.22. The molecule has 0 aliphatic carbocycles. The first-order valence-electron chi connectivity index (χ1n) is 5.44. The molecule has 0 heterocycles. The van der Waals surface area contributed by atoms with Crippen LogP contribution in [0.1, 0.15) is 12.5 Å². The average molecular weight is 317 g/mol. The molecule has 1 aromatic carbocycles. The Balaban J connectivity index is 2.40. The van der Waals surface area contributed by atoms with Gasteiger partial charge in [-0.2, -0.15) is 0 Å². The molecule has 18 heavy (non-hydrogen) atoms. The van der Waals surface area contributed by atoms with Crippen molar-refractivity contribution in [1.29, 1.82) is 0 Å². The molecule has 0 radical (unpaired) electrons. The van der Waals surface area contributed by atoms with Crippen LogP contribution < -0.4 is 10.6 Å². The molecule has 1 rings (SSSR count). The van der Waals surface area contributed by atoms with Gasteiger partial charge >= 0.3 is 0 Å². The minimum absolute atomic E-state index is 0.0225. The van der Waals surface area contributed by atoms with Crippen molar-refractivity contribution >= 4 is 27.7 Å². The minimum atomic E-state index is -0.407. The molecule has 0 spiro atoms. The largest absolute Gasteiger partial charge is 0.355 e. The monoisotopic (exact) mass is 316 g/mol. The lowest BCUT2D eigenvalue weighted by molar-refractivity contribution is -0.121. The first kappa shape index (κ1) is 14.6. The summed E-state index contributed by atoms with van der Waals surface area (Å²) in [7, 11) is 0. The van der Waals surface area contributed by atoms with Gasteiger partial charge < -0.3 is 10.6 Å². The van der Waals surface area contributed by atoms with Crippen molar-refractivity contribution in [3.63, 3.8) is 0 Å². The maximum Gasteiger partial charge on any atom is 0.224 e. The summed E-state index contributed by atoms with van der Waals surface area (Å²) < 4.78 is 14.1. The molecule has 0 aliphatic heterocycles. The molecule has 0 saturated carbocycles. The van der Waals surface area contributed by atoms with E-state index >= 15 is 0 Å². The first-order chi connectivity index (χ1) is 8.49. The second-order valence-electron chi connectivity index (χ2n) is 3.75. The van der Waals surface area contributed by atoms with Crippen molar-refractivity contribution in [1.82, 2.24) is 10.6 Å². The van der Waals surface area contributed by atoms with Gasteiger partial charge in [-0.05, 0) is 23.8 Å². The molecule has 6 heteroatoms. The van der Waals surface area contributed by atoms with Gasteiger partial charge in [-0.15, -0.1) is 0 Å². The summed E-state index contributed by atoms with van der Waals surface area (Å²) in [6.07, 6.45) is -0.0225. The highest BCUT2D eigenvalue weighted by atomic mass is 79.9. The van der Waals surface area contributed by atoms with Crippen LogP contribution in [0.15, 0.2) is 22.7 Å². The molecule has 0 aromatic heterocycles. The van der Waals surface area contributed by atoms with Gasteiger partial charge in [0.25, 0.3) is 0 Å². The molecule has 0 saturated heterocycles. The highest BCUT2D eigenvalue weighted by molar-refractivity contribution is 9.10. The molecule has 0 atom stereocenters. The van der Waals surface area contributed by atoms with Gasteiger partial charge in [0.15, 0.2) is 0 Å². The summed E-state index contributed by atoms with van der Waals surface area (Å²) in [6, 6.07) is 4.46. The molecule has 98 valence electrons. The Morgan fingerprint density at radius 2 is 1.94 bits per heavy atom. The molecular formula is C12H14BrFN2O2. The van der Waals surface area contributed by atoms with Crippen LogP contribution in [-0.4, -0.2) is 24.9 Å². The van der Waals surface area contributed by atoms with Crippen LogP contribution in [0.3, 0.4) is 0 Å². The fourth-order valence-corrected chi connectivity index (χ4v) is 1.76. The van der Waals surface area contributed by atoms with E-state index < -0.39 is 5.82 Å². The van der Waals surface area contributed by atoms with Crippen molar-refractivity contribution in [2.24, 2.45) is 0 Å². The molecule has 4 nitrogen and oxygen atoms in total. The quantitative estimate of drug-likeness (QED) is 0.806. The van der Waals surface area contributed by atoms with E-state index in [0.717, 1.165) is 4.47 Å². The Bertz CT molecular complexity index is 452. The smallest absolute Gasteiger partial charge is 0.224 e. The zero-order chi connectivity index (χ0) is 13.5. The predicted octanol–water partition coefficient (Wildman–Crippen LogP) is 1.38. The Morgan fingerprint density at radius 1 is 1.28 bits per heavy atom. The second-order valence-corrected chi connectivity index (χ2v) is 4.66. The third-order valence-electron chi connectivity index (χ3n) is 2.18. The molecular weight excluding hydrogens is 303 g/mol. The van der Waals surface area contributed by atoms with Crippen LogP contribution in [0.25, 0.3) is 0 Å². The van der Waals surface area contributed by atoms with E-state index in [1.165, 1.54) is 13.0 Å². The number of rotatable bonds is 5. The number of carbonyl (C=O) groups is 2. The Morgan fingerprint density at radius 3 is 2.61 bits per heavy atom. The van der Waals surface area contributed by atoms with E-state index in [4.69, 9.17) is 0 Å². The van der Waals surface area contributed by atoms with Gasteiger partial charge in [-0.25, -0.2) is 4.39 Å². The van der Waals surface area contributed by atoms with Crippen molar-refractivity contribution in [3.8, 4) is 0 Å². The standard InChI is InChI=1S/C12H14BrFN2O2/c1-8(17)15-4-5-16-12(18)7-9-6-10(13)2-3-11(9)14/h2-3,6H,4-5,7H2,1H3,(H,15,17)(H,16,18). The van der Waals surface area contributed by atoms with Crippen LogP contribution in [0, 0.1) is 5.82 Å². The van der Waals surface area contributed by atoms with Gasteiger partial charge in [0.1, 0.15) is 5.82 Å². The molecule has 0 fully saturated rings. The van der Waals surface area contributed by atoms with E-state index in [-0.39, 0.29) is 18.2 Å². The number of amides is 2. The Hall–Kier alpha value is -1.43. The van der Waals surface area contributed by atoms with Crippen molar-refractivity contribution in [2.75, 3.05) is 13.1 Å². The lowest BCUT2D eigenvalue weighted by Gasteiger charge is -2.06. The second kappa shape index (κ2) is 7.10. The summed E-state index contributed by atoms with van der Waals surface area (Å²) in [4.78, 5) is 22.1. The van der Waals surface area contributed by atoms with E-state index in [2.05, 4.69) is 26.6 Å². The van der Waals surface area contributed by atoms with Crippen LogP contribution in [0.2, 0.25) is 0 Å². The molecule has 1 aromatic rings. The highest BCUT2D eigenvalue weighted by Gasteiger charge is 2.08. The molecule has 2 N–H and O–H groups in total. The zero-order valence-corrected chi connectivity index (χ0v) is 11.5. The average Bonchev–Trinajstić information content (AvgIpc) is 2.29. The van der Waals surface area contributed by atoms with E-state index in [1.807, 2.05) is 0 Å². The van der Waals surface area contributed by atoms with E-state index in [0.29, 0.717) is 18.7 Å². The number of carbonyl (C=O) groups excluding carboxylic acids is 2. The van der Waals surface area contributed by atoms with Crippen LogP contribution in [0.5, 0.6) is 0 Å². The molecule has 0 bridgehead atoms. The van der Waals surface area contributed by atoms with Crippen molar-refractivity contribution < 1.29 is 14.0 Å². The van der Waals surface area contributed by atoms with Crippen molar-refractivity contribution in [2.45, 2.75) is 13.3 Å². The first-order valence-corrected chi connectivity index (χ1v) is 6.23. The fourth-order valence-electron chi connectivity index (χ4n) is 1.35. The third-order valence-corrected chi connectivity index (χ3v) is 2.67. The van der Waals surface area contributed by atoms with Gasteiger partial charge in [-0.3, -0.25) is 9.59 Å². The van der Waals surface area contributed by atoms with Crippen LogP contribution in [-0.2, 0) is 16.0 Å². The number of halogens is 2. The van der Waals surface area contributed by atoms with Gasteiger partial charge in [0, 0.05) is 24.5 Å². The van der Waals surface area contributed by atoms with Crippen molar-refractivity contribution in [3.05, 3.63) is 34.1 Å². The lowest BCUT2D eigenvalue weighted by atomic mass is 10.1. The number of nitrogens with one attached hydrogen (secondary N) is 2. The number of benzene rings is 1. The molecule has 0 unspecified atom stereocenters. The molecule has 2 amide bonds. The zero-order valence-electron chi connectivity index (χ0n) is 9.93. The minimum Gasteiger partial charge on any atom is -0.355 e. The third kappa shape index (κ3) is 5.27. The van der Waals surface area contributed by atoms with Gasteiger partial charge in [-0.1, -0.05) is 15.9 Å². The Kier molecular flexibility index (Phi) is 5.77. The van der Waals surface area contributed by atoms with E-state index in [1.54, 1.807) is 12.1 Å². The lowest BCUT2D eigenvalue weighted by Crippen LogP contribution is -2.34. The van der Waals surface area contributed by atoms with Crippen LogP contribution >= 0.6 is 15.9 Å². The van der Waals surface area contributed by atoms with Gasteiger partial charge in [0.2, 0.25) is 11.8 Å².